The molecule has 3 aromatic rings. The van der Waals surface area contributed by atoms with Gasteiger partial charge in [0.05, 0.1) is 14.2 Å². The molecule has 0 radical (unpaired) electrons. The predicted octanol–water partition coefficient (Wildman–Crippen LogP) is 4.43. The van der Waals surface area contributed by atoms with Crippen LogP contribution in [0, 0.1) is 13.8 Å². The van der Waals surface area contributed by atoms with E-state index in [4.69, 9.17) is 9.47 Å². The number of hydrogen-bond donors (Lipinski definition) is 1. The van der Waals surface area contributed by atoms with Gasteiger partial charge in [-0.05, 0) is 60.4 Å². The van der Waals surface area contributed by atoms with E-state index in [9.17, 15) is 0 Å². The molecular formula is C24H29N3O2. The number of ether oxygens (including phenoxy) is 2. The van der Waals surface area contributed by atoms with E-state index in [0.29, 0.717) is 11.8 Å². The largest absolute Gasteiger partial charge is 0.497 e. The summed E-state index contributed by atoms with van der Waals surface area (Å²) in [6.07, 6.45) is 1.85. The zero-order valence-electron chi connectivity index (χ0n) is 17.6. The van der Waals surface area contributed by atoms with Crippen molar-refractivity contribution in [2.75, 3.05) is 27.3 Å². The Bertz CT molecular complexity index is 951. The normalized spacial score (nSPS) is 19.4. The molecule has 0 amide bonds. The van der Waals surface area contributed by atoms with Crippen LogP contribution in [0.5, 0.6) is 11.5 Å². The number of likely N-dealkylation sites (tertiary alicyclic amines) is 1. The second-order valence-corrected chi connectivity index (χ2v) is 7.87. The quantitative estimate of drug-likeness (QED) is 0.675. The van der Waals surface area contributed by atoms with Gasteiger partial charge in [-0.25, -0.2) is 0 Å². The van der Waals surface area contributed by atoms with Crippen LogP contribution in [0.25, 0.3) is 0 Å². The van der Waals surface area contributed by atoms with Crippen LogP contribution in [0.3, 0.4) is 0 Å². The van der Waals surface area contributed by atoms with Crippen LogP contribution in [0.2, 0.25) is 0 Å². The first-order valence-electron chi connectivity index (χ1n) is 10.1. The van der Waals surface area contributed by atoms with E-state index in [1.54, 1.807) is 14.2 Å². The number of aromatic nitrogens is 2. The first-order valence-corrected chi connectivity index (χ1v) is 10.1. The highest BCUT2D eigenvalue weighted by Crippen LogP contribution is 2.40. The van der Waals surface area contributed by atoms with Crippen molar-refractivity contribution in [3.05, 3.63) is 76.6 Å². The summed E-state index contributed by atoms with van der Waals surface area (Å²) >= 11 is 0. The van der Waals surface area contributed by atoms with Crippen LogP contribution in [-0.4, -0.2) is 42.4 Å². The number of methoxy groups -OCH3 is 2. The minimum atomic E-state index is 0.394. The molecule has 5 nitrogen and oxygen atoms in total. The number of hydrogen-bond acceptors (Lipinski definition) is 4. The van der Waals surface area contributed by atoms with E-state index in [0.717, 1.165) is 31.1 Å². The Morgan fingerprint density at radius 1 is 0.931 bits per heavy atom. The van der Waals surface area contributed by atoms with Crippen LogP contribution >= 0.6 is 0 Å². The summed E-state index contributed by atoms with van der Waals surface area (Å²) in [5.74, 6) is 2.66. The molecule has 1 aliphatic heterocycles. The minimum absolute atomic E-state index is 0.394. The molecule has 2 aromatic carbocycles. The van der Waals surface area contributed by atoms with E-state index >= 15 is 0 Å². The van der Waals surface area contributed by atoms with Gasteiger partial charge < -0.3 is 9.47 Å². The van der Waals surface area contributed by atoms with Crippen molar-refractivity contribution in [2.24, 2.45) is 0 Å². The Morgan fingerprint density at radius 2 is 1.69 bits per heavy atom. The highest BCUT2D eigenvalue weighted by Gasteiger charge is 2.35. The summed E-state index contributed by atoms with van der Waals surface area (Å²) in [7, 11) is 3.44. The number of rotatable bonds is 6. The van der Waals surface area contributed by atoms with Crippen molar-refractivity contribution < 1.29 is 9.47 Å². The van der Waals surface area contributed by atoms with Crippen LogP contribution in [-0.2, 0) is 6.54 Å². The minimum Gasteiger partial charge on any atom is -0.497 e. The molecule has 1 fully saturated rings. The van der Waals surface area contributed by atoms with Gasteiger partial charge in [-0.3, -0.25) is 10.00 Å². The molecule has 0 unspecified atom stereocenters. The Labute approximate surface area is 172 Å². The zero-order valence-corrected chi connectivity index (χ0v) is 17.6. The van der Waals surface area contributed by atoms with E-state index in [2.05, 4.69) is 71.4 Å². The Morgan fingerprint density at radius 3 is 2.34 bits per heavy atom. The van der Waals surface area contributed by atoms with Gasteiger partial charge >= 0.3 is 0 Å². The van der Waals surface area contributed by atoms with E-state index in [-0.39, 0.29) is 0 Å². The molecule has 5 heteroatoms. The summed E-state index contributed by atoms with van der Waals surface area (Å²) in [5.41, 5.74) is 6.45. The van der Waals surface area contributed by atoms with Gasteiger partial charge in [0, 0.05) is 43.4 Å². The molecule has 1 aromatic heterocycles. The Balaban J connectivity index is 1.59. The van der Waals surface area contributed by atoms with Crippen molar-refractivity contribution in [1.29, 1.82) is 0 Å². The third-order valence-corrected chi connectivity index (χ3v) is 6.32. The lowest BCUT2D eigenvalue weighted by atomic mass is 9.87. The van der Waals surface area contributed by atoms with Gasteiger partial charge in [-0.15, -0.1) is 0 Å². The molecule has 2 heterocycles. The monoisotopic (exact) mass is 391 g/mol. The maximum Gasteiger partial charge on any atom is 0.122 e. The smallest absolute Gasteiger partial charge is 0.122 e. The number of aromatic amines is 1. The van der Waals surface area contributed by atoms with Crippen LogP contribution in [0.4, 0.5) is 0 Å². The van der Waals surface area contributed by atoms with Crippen molar-refractivity contribution in [3.8, 4) is 11.5 Å². The van der Waals surface area contributed by atoms with Crippen molar-refractivity contribution in [1.82, 2.24) is 15.1 Å². The molecule has 1 aliphatic rings. The van der Waals surface area contributed by atoms with Crippen molar-refractivity contribution in [3.63, 3.8) is 0 Å². The number of H-pyrrole nitrogens is 1. The molecule has 0 aliphatic carbocycles. The Hall–Kier alpha value is -2.79. The lowest BCUT2D eigenvalue weighted by Gasteiger charge is -2.19. The summed E-state index contributed by atoms with van der Waals surface area (Å²) in [6.45, 7) is 7.28. The second kappa shape index (κ2) is 8.29. The highest BCUT2D eigenvalue weighted by molar-refractivity contribution is 5.43. The number of nitrogens with zero attached hydrogens (tertiary/aromatic N) is 2. The molecule has 29 heavy (non-hydrogen) atoms. The lowest BCUT2D eigenvalue weighted by molar-refractivity contribution is 0.322. The summed E-state index contributed by atoms with van der Waals surface area (Å²) in [5, 5.41) is 7.40. The standard InChI is InChI=1S/C24H29N3O2/c1-16-17(2)24(29-4)10-7-19(16)13-27-14-21(18-5-8-20(28-3)9-6-18)22(15-27)23-11-12-25-26-23/h5-12,21-22H,13-15H2,1-4H3,(H,25,26)/t21-,22+/m0/s1. The number of benzene rings is 2. The van der Waals surface area contributed by atoms with Crippen LogP contribution in [0.1, 0.15) is 39.8 Å². The van der Waals surface area contributed by atoms with E-state index in [1.165, 1.54) is 27.9 Å². The molecule has 2 atom stereocenters. The van der Waals surface area contributed by atoms with E-state index in [1.807, 2.05) is 6.20 Å². The predicted molar refractivity (Wildman–Crippen MR) is 115 cm³/mol. The average molecular weight is 392 g/mol. The number of nitrogens with one attached hydrogen (secondary N) is 1. The lowest BCUT2D eigenvalue weighted by Crippen LogP contribution is -2.21. The first kappa shape index (κ1) is 19.5. The molecular weight excluding hydrogens is 362 g/mol. The van der Waals surface area contributed by atoms with Gasteiger partial charge in [-0.2, -0.15) is 5.10 Å². The Kier molecular flexibility index (Phi) is 5.58. The van der Waals surface area contributed by atoms with E-state index < -0.39 is 0 Å². The maximum absolute atomic E-state index is 5.48. The van der Waals surface area contributed by atoms with Crippen LogP contribution in [0.15, 0.2) is 48.7 Å². The molecule has 152 valence electrons. The summed E-state index contributed by atoms with van der Waals surface area (Å²) in [4.78, 5) is 2.55. The summed E-state index contributed by atoms with van der Waals surface area (Å²) < 4.78 is 10.8. The molecule has 0 saturated carbocycles. The van der Waals surface area contributed by atoms with Gasteiger partial charge in [0.1, 0.15) is 11.5 Å². The topological polar surface area (TPSA) is 50.4 Å². The first-order chi connectivity index (χ1) is 14.1. The molecule has 1 saturated heterocycles. The summed E-state index contributed by atoms with van der Waals surface area (Å²) in [6, 6.07) is 14.9. The fraction of sp³-hybridized carbons (Fsp3) is 0.375. The van der Waals surface area contributed by atoms with Gasteiger partial charge in [0.25, 0.3) is 0 Å². The third-order valence-electron chi connectivity index (χ3n) is 6.32. The zero-order chi connectivity index (χ0) is 20.4. The third kappa shape index (κ3) is 3.87. The molecule has 1 N–H and O–H groups in total. The highest BCUT2D eigenvalue weighted by atomic mass is 16.5. The van der Waals surface area contributed by atoms with Crippen LogP contribution < -0.4 is 9.47 Å². The second-order valence-electron chi connectivity index (χ2n) is 7.87. The van der Waals surface area contributed by atoms with Gasteiger partial charge in [0.15, 0.2) is 0 Å². The fourth-order valence-corrected chi connectivity index (χ4v) is 4.48. The average Bonchev–Trinajstić information content (AvgIpc) is 3.41. The van der Waals surface area contributed by atoms with Gasteiger partial charge in [-0.1, -0.05) is 18.2 Å². The SMILES string of the molecule is COc1ccc([C@@H]2CN(Cc3ccc(OC)c(C)c3C)C[C@H]2c2ccn[nH]2)cc1. The van der Waals surface area contributed by atoms with Crippen molar-refractivity contribution in [2.45, 2.75) is 32.2 Å². The maximum atomic E-state index is 5.48. The van der Waals surface area contributed by atoms with Crippen molar-refractivity contribution >= 4 is 0 Å². The molecule has 0 bridgehead atoms. The molecule has 0 spiro atoms. The fourth-order valence-electron chi connectivity index (χ4n) is 4.48. The van der Waals surface area contributed by atoms with Gasteiger partial charge in [0.2, 0.25) is 0 Å². The molecule has 4 rings (SSSR count).